The number of carboxylic acid groups (broad SMARTS) is 1. The molecule has 1 aromatic rings. The number of nitrogens with zero attached hydrogens (tertiary/aromatic N) is 1. The van der Waals surface area contributed by atoms with Crippen LogP contribution in [0.15, 0.2) is 24.3 Å². The maximum atomic E-state index is 11.8. The Hall–Kier alpha value is -1.84. The van der Waals surface area contributed by atoms with Crippen LogP contribution in [0.2, 0.25) is 0 Å². The zero-order valence-corrected chi connectivity index (χ0v) is 11.6. The van der Waals surface area contributed by atoms with Crippen LogP contribution in [0, 0.1) is 0 Å². The zero-order valence-electron chi connectivity index (χ0n) is 11.6. The molecule has 0 aliphatic rings. The number of carboxylic acids is 1. The van der Waals surface area contributed by atoms with Crippen molar-refractivity contribution in [3.05, 3.63) is 35.4 Å². The predicted molar refractivity (Wildman–Crippen MR) is 73.8 cm³/mol. The molecule has 0 aliphatic carbocycles. The Morgan fingerprint density at radius 3 is 2.21 bits per heavy atom. The Morgan fingerprint density at radius 1 is 1.11 bits per heavy atom. The molecule has 0 saturated heterocycles. The highest BCUT2D eigenvalue weighted by atomic mass is 16.4. The van der Waals surface area contributed by atoms with Crippen molar-refractivity contribution in [2.75, 3.05) is 7.05 Å². The van der Waals surface area contributed by atoms with Gasteiger partial charge in [0.05, 0.1) is 0 Å². The molecule has 19 heavy (non-hydrogen) atoms. The molecule has 0 atom stereocenters. The number of hydrogen-bond donors (Lipinski definition) is 1. The van der Waals surface area contributed by atoms with E-state index in [1.54, 1.807) is 11.9 Å². The molecule has 0 bridgehead atoms. The quantitative estimate of drug-likeness (QED) is 0.822. The van der Waals surface area contributed by atoms with Gasteiger partial charge in [0, 0.05) is 26.4 Å². The minimum atomic E-state index is -0.856. The fraction of sp³-hybridized carbons (Fsp3) is 0.467. The second kappa shape index (κ2) is 7.56. The van der Waals surface area contributed by atoms with Crippen molar-refractivity contribution in [3.8, 4) is 0 Å². The highest BCUT2D eigenvalue weighted by Gasteiger charge is 2.10. The molecular formula is C15H21NO3. The van der Waals surface area contributed by atoms with E-state index in [0.717, 1.165) is 12.0 Å². The summed E-state index contributed by atoms with van der Waals surface area (Å²) in [4.78, 5) is 23.8. The SMILES string of the molecule is CCc1ccc(CN(C)C(=O)CCCC(=O)O)cc1. The molecule has 0 unspecified atom stereocenters. The van der Waals surface area contributed by atoms with Gasteiger partial charge in [-0.2, -0.15) is 0 Å². The number of hydrogen-bond acceptors (Lipinski definition) is 2. The van der Waals surface area contributed by atoms with Crippen molar-refractivity contribution in [3.63, 3.8) is 0 Å². The predicted octanol–water partition coefficient (Wildman–Crippen LogP) is 2.46. The van der Waals surface area contributed by atoms with E-state index >= 15 is 0 Å². The van der Waals surface area contributed by atoms with Crippen LogP contribution in [0.5, 0.6) is 0 Å². The van der Waals surface area contributed by atoms with Crippen molar-refractivity contribution in [2.45, 2.75) is 39.2 Å². The minimum Gasteiger partial charge on any atom is -0.481 e. The molecule has 1 aromatic carbocycles. The van der Waals surface area contributed by atoms with Gasteiger partial charge in [0.25, 0.3) is 0 Å². The normalized spacial score (nSPS) is 10.2. The van der Waals surface area contributed by atoms with Crippen molar-refractivity contribution in [2.24, 2.45) is 0 Å². The first-order chi connectivity index (χ1) is 9.02. The smallest absolute Gasteiger partial charge is 0.303 e. The third-order valence-electron chi connectivity index (χ3n) is 3.06. The third kappa shape index (κ3) is 5.55. The van der Waals surface area contributed by atoms with Gasteiger partial charge in [0.15, 0.2) is 0 Å². The molecule has 104 valence electrons. The lowest BCUT2D eigenvalue weighted by atomic mass is 10.1. The Balaban J connectivity index is 2.42. The van der Waals surface area contributed by atoms with Gasteiger partial charge in [-0.3, -0.25) is 9.59 Å². The Morgan fingerprint density at radius 2 is 1.68 bits per heavy atom. The number of carbonyl (C=O) groups is 2. The molecule has 0 fully saturated rings. The Bertz CT molecular complexity index is 426. The van der Waals surface area contributed by atoms with Crippen LogP contribution in [0.1, 0.15) is 37.3 Å². The summed E-state index contributed by atoms with van der Waals surface area (Å²) in [5, 5.41) is 8.52. The van der Waals surface area contributed by atoms with E-state index in [0.29, 0.717) is 13.0 Å². The monoisotopic (exact) mass is 263 g/mol. The summed E-state index contributed by atoms with van der Waals surface area (Å²) in [6.45, 7) is 2.67. The Labute approximate surface area is 114 Å². The van der Waals surface area contributed by atoms with Gasteiger partial charge in [-0.1, -0.05) is 31.2 Å². The van der Waals surface area contributed by atoms with Crippen molar-refractivity contribution < 1.29 is 14.7 Å². The summed E-state index contributed by atoms with van der Waals surface area (Å²) in [5.74, 6) is -0.869. The fourth-order valence-corrected chi connectivity index (χ4v) is 1.82. The molecule has 1 amide bonds. The second-order valence-corrected chi connectivity index (χ2v) is 4.67. The number of carbonyl (C=O) groups excluding carboxylic acids is 1. The lowest BCUT2D eigenvalue weighted by Crippen LogP contribution is -2.26. The summed E-state index contributed by atoms with van der Waals surface area (Å²) in [5.41, 5.74) is 2.37. The lowest BCUT2D eigenvalue weighted by molar-refractivity contribution is -0.137. The van der Waals surface area contributed by atoms with E-state index in [9.17, 15) is 9.59 Å². The van der Waals surface area contributed by atoms with Crippen LogP contribution in [0.4, 0.5) is 0 Å². The van der Waals surface area contributed by atoms with Crippen LogP contribution < -0.4 is 0 Å². The second-order valence-electron chi connectivity index (χ2n) is 4.67. The van der Waals surface area contributed by atoms with Gasteiger partial charge >= 0.3 is 5.97 Å². The Kier molecular flexibility index (Phi) is 6.06. The maximum absolute atomic E-state index is 11.8. The van der Waals surface area contributed by atoms with Gasteiger partial charge in [0.1, 0.15) is 0 Å². The first kappa shape index (κ1) is 15.2. The molecule has 0 radical (unpaired) electrons. The van der Waals surface area contributed by atoms with Crippen molar-refractivity contribution in [1.82, 2.24) is 4.90 Å². The van der Waals surface area contributed by atoms with E-state index in [-0.39, 0.29) is 18.7 Å². The highest BCUT2D eigenvalue weighted by molar-refractivity contribution is 5.76. The highest BCUT2D eigenvalue weighted by Crippen LogP contribution is 2.09. The van der Waals surface area contributed by atoms with Crippen LogP contribution >= 0.6 is 0 Å². The average molecular weight is 263 g/mol. The van der Waals surface area contributed by atoms with E-state index in [2.05, 4.69) is 19.1 Å². The first-order valence-corrected chi connectivity index (χ1v) is 6.56. The minimum absolute atomic E-state index is 0.0131. The fourth-order valence-electron chi connectivity index (χ4n) is 1.82. The van der Waals surface area contributed by atoms with Gasteiger partial charge in [-0.15, -0.1) is 0 Å². The number of benzene rings is 1. The van der Waals surface area contributed by atoms with E-state index in [1.165, 1.54) is 5.56 Å². The van der Waals surface area contributed by atoms with Crippen molar-refractivity contribution >= 4 is 11.9 Å². The van der Waals surface area contributed by atoms with Crippen LogP contribution in [0.3, 0.4) is 0 Å². The number of aliphatic carboxylic acids is 1. The van der Waals surface area contributed by atoms with Gasteiger partial charge in [0.2, 0.25) is 5.91 Å². The molecule has 0 heterocycles. The topological polar surface area (TPSA) is 57.6 Å². The molecule has 0 aromatic heterocycles. The van der Waals surface area contributed by atoms with Crippen LogP contribution in [-0.2, 0) is 22.6 Å². The number of aryl methyl sites for hydroxylation is 1. The molecule has 0 aliphatic heterocycles. The summed E-state index contributed by atoms with van der Waals surface area (Å²) in [6.07, 6.45) is 1.73. The summed E-state index contributed by atoms with van der Waals surface area (Å²) < 4.78 is 0. The number of amides is 1. The summed E-state index contributed by atoms with van der Waals surface area (Å²) in [7, 11) is 1.75. The summed E-state index contributed by atoms with van der Waals surface area (Å²) >= 11 is 0. The largest absolute Gasteiger partial charge is 0.481 e. The standard InChI is InChI=1S/C15H21NO3/c1-3-12-7-9-13(10-8-12)11-16(2)14(17)5-4-6-15(18)19/h7-10H,3-6,11H2,1-2H3,(H,18,19). The van der Waals surface area contributed by atoms with Crippen molar-refractivity contribution in [1.29, 1.82) is 0 Å². The molecule has 0 saturated carbocycles. The zero-order chi connectivity index (χ0) is 14.3. The van der Waals surface area contributed by atoms with Gasteiger partial charge < -0.3 is 10.0 Å². The van der Waals surface area contributed by atoms with Gasteiger partial charge in [-0.05, 0) is 24.0 Å². The van der Waals surface area contributed by atoms with E-state index in [4.69, 9.17) is 5.11 Å². The molecule has 4 nitrogen and oxygen atoms in total. The van der Waals surface area contributed by atoms with E-state index < -0.39 is 5.97 Å². The third-order valence-corrected chi connectivity index (χ3v) is 3.06. The van der Waals surface area contributed by atoms with Crippen LogP contribution in [-0.4, -0.2) is 28.9 Å². The lowest BCUT2D eigenvalue weighted by Gasteiger charge is -2.17. The molecule has 0 spiro atoms. The molecular weight excluding hydrogens is 242 g/mol. The summed E-state index contributed by atoms with van der Waals surface area (Å²) in [6, 6.07) is 8.19. The maximum Gasteiger partial charge on any atom is 0.303 e. The average Bonchev–Trinajstić information content (AvgIpc) is 2.39. The van der Waals surface area contributed by atoms with E-state index in [1.807, 2.05) is 12.1 Å². The van der Waals surface area contributed by atoms with Gasteiger partial charge in [-0.25, -0.2) is 0 Å². The molecule has 4 heteroatoms. The first-order valence-electron chi connectivity index (χ1n) is 6.56. The van der Waals surface area contributed by atoms with Crippen LogP contribution in [0.25, 0.3) is 0 Å². The number of rotatable bonds is 7. The molecule has 1 rings (SSSR count). The molecule has 1 N–H and O–H groups in total.